The van der Waals surface area contributed by atoms with Gasteiger partial charge in [-0.15, -0.1) is 0 Å². The highest BCUT2D eigenvalue weighted by Crippen LogP contribution is 2.43. The van der Waals surface area contributed by atoms with Crippen LogP contribution in [0.5, 0.6) is 0 Å². The Kier molecular flexibility index (Phi) is 7.75. The maximum absolute atomic E-state index is 13.2. The van der Waals surface area contributed by atoms with E-state index in [9.17, 15) is 8.42 Å². The lowest BCUT2D eigenvalue weighted by Crippen LogP contribution is -2.44. The smallest absolute Gasteiger partial charge is 0.243 e. The van der Waals surface area contributed by atoms with Gasteiger partial charge in [0.2, 0.25) is 10.0 Å². The second-order valence-electron chi connectivity index (χ2n) is 10.7. The van der Waals surface area contributed by atoms with Crippen molar-refractivity contribution >= 4 is 10.0 Å². The van der Waals surface area contributed by atoms with E-state index in [0.717, 1.165) is 44.2 Å². The van der Waals surface area contributed by atoms with Crippen LogP contribution >= 0.6 is 0 Å². The summed E-state index contributed by atoms with van der Waals surface area (Å²) in [5.74, 6) is 0.431. The fraction of sp³-hybridized carbons (Fsp3) is 0.467. The van der Waals surface area contributed by atoms with Crippen LogP contribution in [0.15, 0.2) is 65.8 Å². The zero-order chi connectivity index (χ0) is 26.0. The summed E-state index contributed by atoms with van der Waals surface area (Å²) in [6, 6.07) is 16.0. The number of aryl methyl sites for hydroxylation is 3. The molecule has 0 bridgehead atoms. The summed E-state index contributed by atoms with van der Waals surface area (Å²) >= 11 is 0. The van der Waals surface area contributed by atoms with Crippen molar-refractivity contribution in [1.82, 2.24) is 19.2 Å². The number of nitrogens with zero attached hydrogens (tertiary/aromatic N) is 4. The van der Waals surface area contributed by atoms with Gasteiger partial charge in [-0.05, 0) is 94.2 Å². The highest BCUT2D eigenvalue weighted by molar-refractivity contribution is 7.89. The standard InChI is InChI=1S/C30H38N4O2S/c1-22-11-13-26(14-12-22)37(35,36)33-19-15-25(16-20-33)21-34-27(29-23(2)7-5-17-31-29)9-4-10-28(34)30-24(3)8-6-18-32-30/h5-8,11-14,17-18,25,27-28H,4,9-10,15-16,19-21H2,1-3H3. The third-order valence-corrected chi connectivity index (χ3v) is 10.1. The van der Waals surface area contributed by atoms with Gasteiger partial charge in [-0.25, -0.2) is 8.42 Å². The number of benzene rings is 1. The lowest BCUT2D eigenvalue weighted by molar-refractivity contribution is 0.0489. The van der Waals surface area contributed by atoms with E-state index in [0.29, 0.717) is 23.9 Å². The van der Waals surface area contributed by atoms with Gasteiger partial charge in [-0.1, -0.05) is 29.8 Å². The van der Waals surface area contributed by atoms with E-state index in [-0.39, 0.29) is 12.1 Å². The zero-order valence-corrected chi connectivity index (χ0v) is 23.0. The van der Waals surface area contributed by atoms with Gasteiger partial charge in [0, 0.05) is 32.0 Å². The summed E-state index contributed by atoms with van der Waals surface area (Å²) in [6.45, 7) is 8.35. The first-order chi connectivity index (χ1) is 17.8. The molecule has 196 valence electrons. The van der Waals surface area contributed by atoms with Gasteiger partial charge in [0.05, 0.1) is 28.4 Å². The molecule has 2 unspecified atom stereocenters. The first kappa shape index (κ1) is 26.0. The van der Waals surface area contributed by atoms with Crippen LogP contribution in [0, 0.1) is 26.7 Å². The van der Waals surface area contributed by atoms with Crippen molar-refractivity contribution in [3.8, 4) is 0 Å². The Bertz CT molecular complexity index is 1260. The second kappa shape index (κ2) is 11.0. The molecule has 2 fully saturated rings. The normalized spacial score (nSPS) is 22.2. The number of sulfonamides is 1. The molecule has 2 saturated heterocycles. The van der Waals surface area contributed by atoms with E-state index < -0.39 is 10.0 Å². The molecule has 2 aliphatic heterocycles. The molecule has 7 heteroatoms. The van der Waals surface area contributed by atoms with Gasteiger partial charge in [0.25, 0.3) is 0 Å². The maximum atomic E-state index is 13.2. The molecular weight excluding hydrogens is 480 g/mol. The van der Waals surface area contributed by atoms with Crippen LogP contribution in [0.1, 0.15) is 72.3 Å². The van der Waals surface area contributed by atoms with Gasteiger partial charge >= 0.3 is 0 Å². The van der Waals surface area contributed by atoms with E-state index >= 15 is 0 Å². The van der Waals surface area contributed by atoms with E-state index in [1.54, 1.807) is 16.4 Å². The topological polar surface area (TPSA) is 66.4 Å². The largest absolute Gasteiger partial charge is 0.286 e. The fourth-order valence-corrected chi connectivity index (χ4v) is 7.55. The SMILES string of the molecule is Cc1ccc(S(=O)(=O)N2CCC(CN3C(c4ncccc4C)CCCC3c3ncccc3C)CC2)cc1. The third-order valence-electron chi connectivity index (χ3n) is 8.19. The lowest BCUT2D eigenvalue weighted by atomic mass is 9.86. The molecular formula is C30H38N4O2S. The summed E-state index contributed by atoms with van der Waals surface area (Å²) < 4.78 is 28.2. The number of piperidine rings is 2. The molecule has 1 aromatic carbocycles. The van der Waals surface area contributed by atoms with Crippen LogP contribution in [0.25, 0.3) is 0 Å². The zero-order valence-electron chi connectivity index (χ0n) is 22.2. The lowest BCUT2D eigenvalue weighted by Gasteiger charge is -2.45. The van der Waals surface area contributed by atoms with E-state index in [2.05, 4.69) is 30.9 Å². The quantitative estimate of drug-likeness (QED) is 0.414. The molecule has 0 aliphatic carbocycles. The molecule has 0 saturated carbocycles. The predicted molar refractivity (Wildman–Crippen MR) is 147 cm³/mol. The molecule has 6 nitrogen and oxygen atoms in total. The number of aromatic nitrogens is 2. The summed E-state index contributed by atoms with van der Waals surface area (Å²) in [6.07, 6.45) is 8.86. The van der Waals surface area contributed by atoms with Gasteiger partial charge < -0.3 is 0 Å². The molecule has 37 heavy (non-hydrogen) atoms. The third kappa shape index (κ3) is 5.49. The van der Waals surface area contributed by atoms with Crippen molar-refractivity contribution in [2.45, 2.75) is 69.9 Å². The summed E-state index contributed by atoms with van der Waals surface area (Å²) in [5, 5.41) is 0. The molecule has 3 aromatic rings. The summed E-state index contributed by atoms with van der Waals surface area (Å²) in [7, 11) is -3.45. The van der Waals surface area contributed by atoms with Crippen molar-refractivity contribution in [1.29, 1.82) is 0 Å². The first-order valence-electron chi connectivity index (χ1n) is 13.5. The van der Waals surface area contributed by atoms with Crippen LogP contribution in [0.3, 0.4) is 0 Å². The van der Waals surface area contributed by atoms with Crippen molar-refractivity contribution in [2.24, 2.45) is 5.92 Å². The van der Waals surface area contributed by atoms with Crippen molar-refractivity contribution in [2.75, 3.05) is 19.6 Å². The Hall–Kier alpha value is -2.61. The van der Waals surface area contributed by atoms with Crippen LogP contribution in [-0.4, -0.2) is 47.2 Å². The van der Waals surface area contributed by atoms with E-state index in [1.165, 1.54) is 22.5 Å². The van der Waals surface area contributed by atoms with E-state index in [1.807, 2.05) is 43.6 Å². The number of rotatable bonds is 6. The Morgan fingerprint density at radius 2 is 1.32 bits per heavy atom. The Morgan fingerprint density at radius 1 is 0.784 bits per heavy atom. The summed E-state index contributed by atoms with van der Waals surface area (Å²) in [5.41, 5.74) is 5.86. The average Bonchev–Trinajstić information content (AvgIpc) is 2.90. The van der Waals surface area contributed by atoms with Crippen molar-refractivity contribution in [3.05, 3.63) is 89.0 Å². The number of hydrogen-bond donors (Lipinski definition) is 0. The number of likely N-dealkylation sites (tertiary alicyclic amines) is 1. The molecule has 0 spiro atoms. The second-order valence-corrected chi connectivity index (χ2v) is 12.7. The molecule has 0 amide bonds. The molecule has 5 rings (SSSR count). The van der Waals surface area contributed by atoms with Crippen LogP contribution in [0.2, 0.25) is 0 Å². The molecule has 4 heterocycles. The number of pyridine rings is 2. The van der Waals surface area contributed by atoms with Crippen molar-refractivity contribution < 1.29 is 8.42 Å². The fourth-order valence-electron chi connectivity index (χ4n) is 6.08. The predicted octanol–water partition coefficient (Wildman–Crippen LogP) is 5.77. The maximum Gasteiger partial charge on any atom is 0.243 e. The monoisotopic (exact) mass is 518 g/mol. The average molecular weight is 519 g/mol. The Morgan fingerprint density at radius 3 is 1.84 bits per heavy atom. The molecule has 0 radical (unpaired) electrons. The first-order valence-corrected chi connectivity index (χ1v) is 14.9. The van der Waals surface area contributed by atoms with Crippen LogP contribution < -0.4 is 0 Å². The minimum atomic E-state index is -3.45. The summed E-state index contributed by atoms with van der Waals surface area (Å²) in [4.78, 5) is 12.7. The number of hydrogen-bond acceptors (Lipinski definition) is 5. The Balaban J connectivity index is 1.36. The van der Waals surface area contributed by atoms with Gasteiger partial charge in [-0.2, -0.15) is 4.31 Å². The van der Waals surface area contributed by atoms with Gasteiger partial charge in [0.1, 0.15) is 0 Å². The molecule has 0 N–H and O–H groups in total. The highest BCUT2D eigenvalue weighted by atomic mass is 32.2. The van der Waals surface area contributed by atoms with E-state index in [4.69, 9.17) is 9.97 Å². The highest BCUT2D eigenvalue weighted by Gasteiger charge is 2.38. The molecule has 2 aromatic heterocycles. The van der Waals surface area contributed by atoms with Gasteiger partial charge in [-0.3, -0.25) is 14.9 Å². The minimum Gasteiger partial charge on any atom is -0.286 e. The van der Waals surface area contributed by atoms with Crippen LogP contribution in [-0.2, 0) is 10.0 Å². The Labute approximate surface area is 221 Å². The molecule has 2 aliphatic rings. The van der Waals surface area contributed by atoms with Crippen LogP contribution in [0.4, 0.5) is 0 Å². The van der Waals surface area contributed by atoms with Crippen molar-refractivity contribution in [3.63, 3.8) is 0 Å². The minimum absolute atomic E-state index is 0.246. The molecule has 2 atom stereocenters. The van der Waals surface area contributed by atoms with Gasteiger partial charge in [0.15, 0.2) is 0 Å².